The van der Waals surface area contributed by atoms with E-state index in [-0.39, 0.29) is 23.6 Å². The van der Waals surface area contributed by atoms with Gasteiger partial charge in [-0.15, -0.1) is 0 Å². The number of aromatic hydroxyl groups is 1. The van der Waals surface area contributed by atoms with Crippen LogP contribution in [0.2, 0.25) is 0 Å². The number of nitrogens with zero attached hydrogens (tertiary/aromatic N) is 1. The summed E-state index contributed by atoms with van der Waals surface area (Å²) < 4.78 is 5.31. The number of rotatable bonds is 6. The number of benzene rings is 1. The molecule has 1 N–H and O–H groups in total. The second kappa shape index (κ2) is 6.06. The van der Waals surface area contributed by atoms with Gasteiger partial charge in [-0.2, -0.15) is 0 Å². The van der Waals surface area contributed by atoms with Gasteiger partial charge in [0.2, 0.25) is 0 Å². The molecule has 0 bridgehead atoms. The topological polar surface area (TPSA) is 49.8 Å². The Morgan fingerprint density at radius 3 is 2.82 bits per heavy atom. The van der Waals surface area contributed by atoms with Crippen LogP contribution in [0.4, 0.5) is 0 Å². The molecule has 0 saturated heterocycles. The molecular weight excluding hydrogens is 218 g/mol. The molecular formula is C13H17NO3. The van der Waals surface area contributed by atoms with Crippen LogP contribution in [0.5, 0.6) is 11.5 Å². The lowest BCUT2D eigenvalue weighted by atomic mass is 10.1. The Bertz CT molecular complexity index is 413. The van der Waals surface area contributed by atoms with Gasteiger partial charge in [0.25, 0.3) is 0 Å². The monoisotopic (exact) mass is 235 g/mol. The summed E-state index contributed by atoms with van der Waals surface area (Å²) in [6, 6.07) is 4.62. The van der Waals surface area contributed by atoms with Crippen molar-refractivity contribution in [2.24, 2.45) is 0 Å². The number of ketones is 1. The highest BCUT2D eigenvalue weighted by Gasteiger charge is 2.13. The molecule has 0 radical (unpaired) electrons. The first kappa shape index (κ1) is 13.3. The maximum atomic E-state index is 11.8. The van der Waals surface area contributed by atoms with Crippen LogP contribution in [-0.2, 0) is 0 Å². The predicted octanol–water partition coefficient (Wildman–Crippen LogP) is 1.70. The van der Waals surface area contributed by atoms with Gasteiger partial charge in [-0.05, 0) is 32.3 Å². The maximum absolute atomic E-state index is 11.8. The van der Waals surface area contributed by atoms with E-state index in [2.05, 4.69) is 6.58 Å². The van der Waals surface area contributed by atoms with E-state index < -0.39 is 0 Å². The molecule has 0 atom stereocenters. The zero-order valence-corrected chi connectivity index (χ0v) is 10.1. The minimum atomic E-state index is -0.142. The molecule has 0 aliphatic rings. The summed E-state index contributed by atoms with van der Waals surface area (Å²) in [4.78, 5) is 13.6. The van der Waals surface area contributed by atoms with E-state index in [1.807, 2.05) is 0 Å². The number of carbonyl (C=O) groups is 1. The van der Waals surface area contributed by atoms with Crippen molar-refractivity contribution >= 4 is 5.78 Å². The second-order valence-electron chi connectivity index (χ2n) is 3.94. The Morgan fingerprint density at radius 2 is 2.24 bits per heavy atom. The Morgan fingerprint density at radius 1 is 1.53 bits per heavy atom. The first-order chi connectivity index (χ1) is 8.04. The van der Waals surface area contributed by atoms with Crippen molar-refractivity contribution in [2.45, 2.75) is 0 Å². The molecule has 0 amide bonds. The molecule has 0 unspecified atom stereocenters. The van der Waals surface area contributed by atoms with Crippen LogP contribution in [0.15, 0.2) is 30.9 Å². The average molecular weight is 235 g/mol. The third kappa shape index (κ3) is 3.92. The smallest absolute Gasteiger partial charge is 0.180 e. The number of hydrogen-bond donors (Lipinski definition) is 1. The highest BCUT2D eigenvalue weighted by atomic mass is 16.5. The van der Waals surface area contributed by atoms with Crippen LogP contribution in [0.3, 0.4) is 0 Å². The summed E-state index contributed by atoms with van der Waals surface area (Å²) in [5.74, 6) is 0.379. The lowest BCUT2D eigenvalue weighted by Crippen LogP contribution is -2.21. The molecule has 4 nitrogen and oxygen atoms in total. The van der Waals surface area contributed by atoms with E-state index in [0.717, 1.165) is 0 Å². The van der Waals surface area contributed by atoms with Gasteiger partial charge in [0.15, 0.2) is 5.78 Å². The standard InChI is InChI=1S/C13H17NO3/c1-4-7-17-10-5-6-12(15)11(8-10)13(16)9-14(2)3/h4-6,8,15H,1,7,9H2,2-3H3. The second-order valence-corrected chi connectivity index (χ2v) is 3.94. The molecule has 0 aliphatic heterocycles. The van der Waals surface area contributed by atoms with Crippen LogP contribution in [0.25, 0.3) is 0 Å². The van der Waals surface area contributed by atoms with Gasteiger partial charge in [0, 0.05) is 0 Å². The number of carbonyl (C=O) groups excluding carboxylic acids is 1. The quantitative estimate of drug-likeness (QED) is 0.602. The van der Waals surface area contributed by atoms with Gasteiger partial charge < -0.3 is 14.7 Å². The van der Waals surface area contributed by atoms with Crippen LogP contribution in [0, 0.1) is 0 Å². The average Bonchev–Trinajstić information content (AvgIpc) is 2.27. The van der Waals surface area contributed by atoms with Crippen molar-refractivity contribution in [1.29, 1.82) is 0 Å². The normalized spacial score (nSPS) is 10.3. The fourth-order valence-electron chi connectivity index (χ4n) is 1.36. The van der Waals surface area contributed by atoms with Crippen LogP contribution in [0.1, 0.15) is 10.4 Å². The van der Waals surface area contributed by atoms with Gasteiger partial charge >= 0.3 is 0 Å². The van der Waals surface area contributed by atoms with Gasteiger partial charge in [-0.1, -0.05) is 12.7 Å². The third-order valence-corrected chi connectivity index (χ3v) is 2.10. The van der Waals surface area contributed by atoms with E-state index in [9.17, 15) is 9.90 Å². The molecule has 4 heteroatoms. The SMILES string of the molecule is C=CCOc1ccc(O)c(C(=O)CN(C)C)c1. The lowest BCUT2D eigenvalue weighted by Gasteiger charge is -2.11. The zero-order chi connectivity index (χ0) is 12.8. The van der Waals surface area contributed by atoms with Crippen LogP contribution >= 0.6 is 0 Å². The molecule has 1 aromatic carbocycles. The molecule has 0 aromatic heterocycles. The Kier molecular flexibility index (Phi) is 4.72. The van der Waals surface area contributed by atoms with Crippen molar-refractivity contribution in [2.75, 3.05) is 27.2 Å². The Labute approximate surface area is 101 Å². The van der Waals surface area contributed by atoms with E-state index in [1.54, 1.807) is 37.2 Å². The number of ether oxygens (including phenoxy) is 1. The van der Waals surface area contributed by atoms with E-state index in [4.69, 9.17) is 4.74 Å². The molecule has 0 saturated carbocycles. The molecule has 0 spiro atoms. The van der Waals surface area contributed by atoms with E-state index in [0.29, 0.717) is 12.4 Å². The summed E-state index contributed by atoms with van der Waals surface area (Å²) in [5.41, 5.74) is 0.278. The molecule has 17 heavy (non-hydrogen) atoms. The molecule has 1 aromatic rings. The molecule has 0 fully saturated rings. The Hall–Kier alpha value is -1.81. The van der Waals surface area contributed by atoms with Gasteiger partial charge in [-0.25, -0.2) is 0 Å². The van der Waals surface area contributed by atoms with Gasteiger partial charge in [0.1, 0.15) is 18.1 Å². The van der Waals surface area contributed by atoms with E-state index >= 15 is 0 Å². The van der Waals surface area contributed by atoms with E-state index in [1.165, 1.54) is 6.07 Å². The fourth-order valence-corrected chi connectivity index (χ4v) is 1.36. The maximum Gasteiger partial charge on any atom is 0.180 e. The fraction of sp³-hybridized carbons (Fsp3) is 0.308. The summed E-state index contributed by atoms with van der Waals surface area (Å²) in [7, 11) is 3.60. The van der Waals surface area contributed by atoms with Crippen molar-refractivity contribution in [1.82, 2.24) is 4.90 Å². The number of Topliss-reactive ketones (excluding diaryl/α,β-unsaturated/α-hetero) is 1. The minimum absolute atomic E-state index is 0.0252. The highest BCUT2D eigenvalue weighted by Crippen LogP contribution is 2.23. The largest absolute Gasteiger partial charge is 0.507 e. The summed E-state index contributed by atoms with van der Waals surface area (Å²) in [6.07, 6.45) is 1.62. The summed E-state index contributed by atoms with van der Waals surface area (Å²) >= 11 is 0. The molecule has 1 rings (SSSR count). The number of phenols is 1. The van der Waals surface area contributed by atoms with Crippen LogP contribution < -0.4 is 4.74 Å². The summed E-state index contributed by atoms with van der Waals surface area (Å²) in [6.45, 7) is 4.16. The highest BCUT2D eigenvalue weighted by molar-refractivity contribution is 6.00. The minimum Gasteiger partial charge on any atom is -0.507 e. The predicted molar refractivity (Wildman–Crippen MR) is 66.7 cm³/mol. The molecule has 92 valence electrons. The van der Waals surface area contributed by atoms with Crippen molar-refractivity contribution in [3.8, 4) is 11.5 Å². The number of phenolic OH excluding ortho intramolecular Hbond substituents is 1. The first-order valence-electron chi connectivity index (χ1n) is 5.29. The molecule has 0 heterocycles. The lowest BCUT2D eigenvalue weighted by molar-refractivity contribution is 0.0955. The molecule has 0 aliphatic carbocycles. The third-order valence-electron chi connectivity index (χ3n) is 2.10. The van der Waals surface area contributed by atoms with Crippen molar-refractivity contribution < 1.29 is 14.6 Å². The summed E-state index contributed by atoms with van der Waals surface area (Å²) in [5, 5.41) is 9.63. The zero-order valence-electron chi connectivity index (χ0n) is 10.1. The van der Waals surface area contributed by atoms with Crippen LogP contribution in [-0.4, -0.2) is 43.0 Å². The first-order valence-corrected chi connectivity index (χ1v) is 5.29. The van der Waals surface area contributed by atoms with Gasteiger partial charge in [-0.3, -0.25) is 4.79 Å². The van der Waals surface area contributed by atoms with Gasteiger partial charge in [0.05, 0.1) is 12.1 Å². The Balaban J connectivity index is 2.89. The number of likely N-dealkylation sites (N-methyl/N-ethyl adjacent to an activating group) is 1. The number of hydrogen-bond acceptors (Lipinski definition) is 4. The van der Waals surface area contributed by atoms with Crippen molar-refractivity contribution in [3.63, 3.8) is 0 Å². The van der Waals surface area contributed by atoms with Crippen molar-refractivity contribution in [3.05, 3.63) is 36.4 Å².